The summed E-state index contributed by atoms with van der Waals surface area (Å²) in [5, 5.41) is 7.69. The van der Waals surface area contributed by atoms with E-state index < -0.39 is 6.16 Å². The van der Waals surface area contributed by atoms with E-state index >= 15 is 0 Å². The van der Waals surface area contributed by atoms with E-state index in [0.29, 0.717) is 0 Å². The van der Waals surface area contributed by atoms with Crippen LogP contribution in [0.4, 0.5) is 4.79 Å². The predicted octanol–water partition coefficient (Wildman–Crippen LogP) is 0.0524. The zero-order valence-corrected chi connectivity index (χ0v) is 3.47. The zero-order chi connectivity index (χ0) is 4.99. The monoisotopic (exact) mass is 114 g/mol. The summed E-state index contributed by atoms with van der Waals surface area (Å²) in [6, 6.07) is 0. The number of hydrogen-bond donors (Lipinski definition) is 1. The van der Waals surface area contributed by atoms with E-state index in [1.807, 2.05) is 0 Å². The van der Waals surface area contributed by atoms with E-state index in [0.717, 1.165) is 0 Å². The second kappa shape index (κ2) is 6.27. The third-order valence-corrected chi connectivity index (χ3v) is 0.268. The van der Waals surface area contributed by atoms with Gasteiger partial charge in [0.2, 0.25) is 0 Å². The van der Waals surface area contributed by atoms with Gasteiger partial charge in [-0.25, -0.2) is 4.79 Å². The number of hydrogen-bond acceptors (Lipinski definition) is 2. The molecular formula is C3H7NaO3. The molecule has 0 amide bonds. The Hall–Kier alpha value is 0.270. The maximum absolute atomic E-state index is 9.38. The first-order valence-corrected chi connectivity index (χ1v) is 1.63. The Morgan fingerprint density at radius 2 is 2.29 bits per heavy atom. The molecule has 0 aromatic heterocycles. The van der Waals surface area contributed by atoms with Crippen LogP contribution in [-0.2, 0) is 4.74 Å². The van der Waals surface area contributed by atoms with Gasteiger partial charge in [-0.05, 0) is 6.92 Å². The average Bonchev–Trinajstić information content (AvgIpc) is 1.35. The van der Waals surface area contributed by atoms with Gasteiger partial charge in [-0.3, -0.25) is 0 Å². The molecule has 7 heavy (non-hydrogen) atoms. The van der Waals surface area contributed by atoms with Crippen LogP contribution in [0.1, 0.15) is 6.92 Å². The zero-order valence-electron chi connectivity index (χ0n) is 3.47. The summed E-state index contributed by atoms with van der Waals surface area (Å²) in [7, 11) is 0. The van der Waals surface area contributed by atoms with Crippen LogP contribution >= 0.6 is 0 Å². The summed E-state index contributed by atoms with van der Waals surface area (Å²) in [5.74, 6) is 0. The molecule has 0 fully saturated rings. The van der Waals surface area contributed by atoms with E-state index in [-0.39, 0.29) is 36.2 Å². The Morgan fingerprint density at radius 1 is 1.86 bits per heavy atom. The third kappa shape index (κ3) is 10.7. The molecule has 0 aromatic carbocycles. The summed E-state index contributed by atoms with van der Waals surface area (Å²) < 4.78 is 3.96. The standard InChI is InChI=1S/C3H6O3.Na.H/c1-2-6-3(4)5;;/h2H2,1H3,(H,4,5);;. The molecule has 0 saturated carbocycles. The molecule has 0 aliphatic rings. The molecule has 0 bridgehead atoms. The van der Waals surface area contributed by atoms with E-state index in [4.69, 9.17) is 5.11 Å². The van der Waals surface area contributed by atoms with Gasteiger partial charge in [0.25, 0.3) is 0 Å². The van der Waals surface area contributed by atoms with Gasteiger partial charge in [0, 0.05) is 0 Å². The number of carboxylic acid groups (broad SMARTS) is 1. The number of rotatable bonds is 1. The van der Waals surface area contributed by atoms with Crippen molar-refractivity contribution >= 4 is 35.7 Å². The summed E-state index contributed by atoms with van der Waals surface area (Å²) in [5.41, 5.74) is 0. The molecule has 0 unspecified atom stereocenters. The fraction of sp³-hybridized carbons (Fsp3) is 0.667. The Labute approximate surface area is 64.0 Å². The Morgan fingerprint density at radius 3 is 2.29 bits per heavy atom. The number of carbonyl (C=O) groups is 1. The van der Waals surface area contributed by atoms with Crippen molar-refractivity contribution in [2.24, 2.45) is 0 Å². The average molecular weight is 114 g/mol. The number of ether oxygens (including phenoxy) is 1. The van der Waals surface area contributed by atoms with Gasteiger partial charge in [0.05, 0.1) is 6.61 Å². The van der Waals surface area contributed by atoms with Crippen molar-refractivity contribution in [1.82, 2.24) is 0 Å². The molecule has 3 nitrogen and oxygen atoms in total. The summed E-state index contributed by atoms with van der Waals surface area (Å²) in [4.78, 5) is 9.38. The molecule has 0 atom stereocenters. The molecular weight excluding hydrogens is 107 g/mol. The van der Waals surface area contributed by atoms with Gasteiger partial charge >= 0.3 is 35.7 Å². The first-order chi connectivity index (χ1) is 2.77. The molecule has 0 aliphatic heterocycles. The maximum atomic E-state index is 9.38. The van der Waals surface area contributed by atoms with Crippen molar-refractivity contribution in [3.05, 3.63) is 0 Å². The molecule has 0 spiro atoms. The minimum atomic E-state index is -1.21. The SMILES string of the molecule is CCOC(=O)O.[NaH]. The molecule has 1 N–H and O–H groups in total. The molecule has 0 heterocycles. The fourth-order valence-electron chi connectivity index (χ4n) is 0.123. The molecule has 0 aromatic rings. The van der Waals surface area contributed by atoms with Crippen LogP contribution in [0, 0.1) is 0 Å². The summed E-state index contributed by atoms with van der Waals surface area (Å²) in [6.07, 6.45) is -1.21. The van der Waals surface area contributed by atoms with Crippen LogP contribution < -0.4 is 0 Å². The molecule has 0 saturated heterocycles. The minimum absolute atomic E-state index is 0. The van der Waals surface area contributed by atoms with Crippen molar-refractivity contribution in [3.63, 3.8) is 0 Å². The van der Waals surface area contributed by atoms with E-state index in [9.17, 15) is 4.79 Å². The van der Waals surface area contributed by atoms with Crippen molar-refractivity contribution in [2.45, 2.75) is 6.92 Å². The van der Waals surface area contributed by atoms with Crippen LogP contribution in [0.25, 0.3) is 0 Å². The second-order valence-corrected chi connectivity index (χ2v) is 0.699. The first-order valence-electron chi connectivity index (χ1n) is 1.63. The molecule has 4 heteroatoms. The molecule has 0 rings (SSSR count). The van der Waals surface area contributed by atoms with Gasteiger partial charge in [0.15, 0.2) is 0 Å². The fourth-order valence-corrected chi connectivity index (χ4v) is 0.123. The van der Waals surface area contributed by atoms with Gasteiger partial charge in [-0.2, -0.15) is 0 Å². The third-order valence-electron chi connectivity index (χ3n) is 0.268. The Kier molecular flexibility index (Phi) is 9.22. The van der Waals surface area contributed by atoms with Gasteiger partial charge < -0.3 is 9.84 Å². The van der Waals surface area contributed by atoms with Crippen LogP contribution in [0.15, 0.2) is 0 Å². The Bertz CT molecular complexity index is 54.1. The first kappa shape index (κ1) is 10.3. The van der Waals surface area contributed by atoms with Crippen LogP contribution in [0.2, 0.25) is 0 Å². The van der Waals surface area contributed by atoms with Crippen molar-refractivity contribution in [2.75, 3.05) is 6.61 Å². The second-order valence-electron chi connectivity index (χ2n) is 0.699. The van der Waals surface area contributed by atoms with Gasteiger partial charge in [0.1, 0.15) is 0 Å². The topological polar surface area (TPSA) is 46.5 Å². The van der Waals surface area contributed by atoms with Crippen LogP contribution in [-0.4, -0.2) is 47.4 Å². The van der Waals surface area contributed by atoms with Gasteiger partial charge in [-0.1, -0.05) is 0 Å². The molecule has 0 aliphatic carbocycles. The predicted molar refractivity (Wildman–Crippen MR) is 26.8 cm³/mol. The Balaban J connectivity index is 0. The summed E-state index contributed by atoms with van der Waals surface area (Å²) >= 11 is 0. The van der Waals surface area contributed by atoms with Crippen LogP contribution in [0.3, 0.4) is 0 Å². The van der Waals surface area contributed by atoms with Crippen molar-refractivity contribution < 1.29 is 14.6 Å². The normalized spacial score (nSPS) is 6.43. The molecule has 38 valence electrons. The quantitative estimate of drug-likeness (QED) is 0.387. The summed E-state index contributed by atoms with van der Waals surface area (Å²) in [6.45, 7) is 1.85. The van der Waals surface area contributed by atoms with Crippen molar-refractivity contribution in [3.8, 4) is 0 Å². The van der Waals surface area contributed by atoms with Crippen LogP contribution in [0.5, 0.6) is 0 Å². The van der Waals surface area contributed by atoms with Crippen molar-refractivity contribution in [1.29, 1.82) is 0 Å². The molecule has 0 radical (unpaired) electrons. The van der Waals surface area contributed by atoms with E-state index in [2.05, 4.69) is 4.74 Å². The van der Waals surface area contributed by atoms with Gasteiger partial charge in [-0.15, -0.1) is 0 Å². The van der Waals surface area contributed by atoms with E-state index in [1.54, 1.807) is 6.92 Å². The van der Waals surface area contributed by atoms with E-state index in [1.165, 1.54) is 0 Å².